The van der Waals surface area contributed by atoms with E-state index in [2.05, 4.69) is 11.4 Å². The van der Waals surface area contributed by atoms with E-state index < -0.39 is 0 Å². The molecule has 1 amide bonds. The van der Waals surface area contributed by atoms with Crippen molar-refractivity contribution < 1.29 is 4.79 Å². The molecule has 1 rings (SSSR count). The Morgan fingerprint density at radius 1 is 1.53 bits per heavy atom. The average molecular weight is 270 g/mol. The molecule has 0 radical (unpaired) electrons. The van der Waals surface area contributed by atoms with Gasteiger partial charge in [0.15, 0.2) is 0 Å². The minimum atomic E-state index is 0.165. The van der Waals surface area contributed by atoms with Crippen molar-refractivity contribution in [2.75, 3.05) is 13.6 Å². The molecule has 0 aromatic carbocycles. The van der Waals surface area contributed by atoms with Gasteiger partial charge in [-0.25, -0.2) is 0 Å². The number of amides is 1. The van der Waals surface area contributed by atoms with Crippen LogP contribution in [-0.4, -0.2) is 29.4 Å². The largest absolute Gasteiger partial charge is 0.393 e. The zero-order chi connectivity index (χ0) is 12.7. The number of carbonyl (C=O) groups excluding carboxylic acids is 1. The summed E-state index contributed by atoms with van der Waals surface area (Å²) in [4.78, 5) is 15.2. The normalized spacial score (nSPS) is 10.2. The third-order valence-corrected chi connectivity index (χ3v) is 3.65. The van der Waals surface area contributed by atoms with Gasteiger partial charge in [-0.2, -0.15) is 0 Å². The lowest BCUT2D eigenvalue weighted by Gasteiger charge is -2.16. The predicted molar refractivity (Wildman–Crippen MR) is 76.3 cm³/mol. The number of nitrogens with two attached hydrogens (primary N) is 1. The Labute approximate surface area is 112 Å². The van der Waals surface area contributed by atoms with Crippen molar-refractivity contribution in [3.05, 3.63) is 22.4 Å². The van der Waals surface area contributed by atoms with Crippen LogP contribution in [0.3, 0.4) is 0 Å². The van der Waals surface area contributed by atoms with Crippen molar-refractivity contribution in [3.8, 4) is 0 Å². The van der Waals surface area contributed by atoms with Crippen LogP contribution < -0.4 is 5.73 Å². The molecule has 0 saturated carbocycles. The van der Waals surface area contributed by atoms with Gasteiger partial charge < -0.3 is 10.6 Å². The molecular weight excluding hydrogens is 252 g/mol. The molecule has 94 valence electrons. The summed E-state index contributed by atoms with van der Waals surface area (Å²) < 4.78 is 0. The van der Waals surface area contributed by atoms with Gasteiger partial charge >= 0.3 is 0 Å². The molecular formula is C12H18N2OS2. The van der Waals surface area contributed by atoms with E-state index in [1.54, 1.807) is 23.3 Å². The van der Waals surface area contributed by atoms with Crippen molar-refractivity contribution in [2.24, 2.45) is 5.73 Å². The van der Waals surface area contributed by atoms with Crippen LogP contribution >= 0.6 is 23.6 Å². The van der Waals surface area contributed by atoms with Crippen molar-refractivity contribution >= 4 is 34.5 Å². The molecule has 1 heterocycles. The summed E-state index contributed by atoms with van der Waals surface area (Å²) in [7, 11) is 1.80. The summed E-state index contributed by atoms with van der Waals surface area (Å²) in [5.41, 5.74) is 5.40. The van der Waals surface area contributed by atoms with Crippen molar-refractivity contribution in [1.29, 1.82) is 0 Å². The average Bonchev–Trinajstić information content (AvgIpc) is 2.78. The molecule has 0 spiro atoms. The number of carbonyl (C=O) groups is 1. The molecule has 3 nitrogen and oxygen atoms in total. The number of rotatable bonds is 7. The summed E-state index contributed by atoms with van der Waals surface area (Å²) >= 11 is 6.52. The second kappa shape index (κ2) is 7.40. The van der Waals surface area contributed by atoms with Gasteiger partial charge in [0.2, 0.25) is 5.91 Å². The highest BCUT2D eigenvalue weighted by Crippen LogP contribution is 2.12. The summed E-state index contributed by atoms with van der Waals surface area (Å²) in [5, 5.41) is 2.06. The summed E-state index contributed by atoms with van der Waals surface area (Å²) in [6.45, 7) is 0.618. The van der Waals surface area contributed by atoms with Crippen LogP contribution in [0.2, 0.25) is 0 Å². The van der Waals surface area contributed by atoms with E-state index >= 15 is 0 Å². The van der Waals surface area contributed by atoms with E-state index in [4.69, 9.17) is 18.0 Å². The standard InChI is InChI=1S/C12H18N2OS2/c1-14(8-7-11(13)16)12(15)6-2-4-10-5-3-9-17-10/h3,5,9H,2,4,6-8H2,1H3,(H2,13,16). The molecule has 2 N–H and O–H groups in total. The fourth-order valence-electron chi connectivity index (χ4n) is 1.46. The third kappa shape index (κ3) is 5.79. The molecule has 5 heteroatoms. The van der Waals surface area contributed by atoms with E-state index in [1.807, 2.05) is 6.07 Å². The van der Waals surface area contributed by atoms with Gasteiger partial charge in [0.05, 0.1) is 4.99 Å². The highest BCUT2D eigenvalue weighted by molar-refractivity contribution is 7.80. The van der Waals surface area contributed by atoms with E-state index in [0.717, 1.165) is 12.8 Å². The first kappa shape index (κ1) is 14.1. The van der Waals surface area contributed by atoms with Crippen LogP contribution in [0, 0.1) is 0 Å². The number of thiocarbonyl (C=S) groups is 1. The molecule has 0 aliphatic heterocycles. The summed E-state index contributed by atoms with van der Waals surface area (Å²) in [6.07, 6.45) is 3.07. The molecule has 1 aromatic heterocycles. The molecule has 0 saturated heterocycles. The van der Waals surface area contributed by atoms with Gasteiger partial charge in [0.25, 0.3) is 0 Å². The minimum absolute atomic E-state index is 0.165. The van der Waals surface area contributed by atoms with Crippen LogP contribution in [0.15, 0.2) is 17.5 Å². The number of aryl methyl sites for hydroxylation is 1. The molecule has 0 aliphatic rings. The SMILES string of the molecule is CN(CCC(N)=S)C(=O)CCCc1cccs1. The van der Waals surface area contributed by atoms with E-state index in [-0.39, 0.29) is 5.91 Å². The van der Waals surface area contributed by atoms with Gasteiger partial charge in [-0.1, -0.05) is 18.3 Å². The zero-order valence-electron chi connectivity index (χ0n) is 10.0. The van der Waals surface area contributed by atoms with Gasteiger partial charge in [-0.3, -0.25) is 4.79 Å². The highest BCUT2D eigenvalue weighted by atomic mass is 32.1. The number of nitrogens with zero attached hydrogens (tertiary/aromatic N) is 1. The first-order valence-corrected chi connectivity index (χ1v) is 6.93. The first-order valence-electron chi connectivity index (χ1n) is 5.64. The van der Waals surface area contributed by atoms with Crippen LogP contribution in [0.5, 0.6) is 0 Å². The van der Waals surface area contributed by atoms with Crippen molar-refractivity contribution in [3.63, 3.8) is 0 Å². The Hall–Kier alpha value is -0.940. The Bertz CT molecular complexity index is 363. The van der Waals surface area contributed by atoms with Crippen LogP contribution in [0.25, 0.3) is 0 Å². The lowest BCUT2D eigenvalue weighted by atomic mass is 10.2. The number of hydrogen-bond acceptors (Lipinski definition) is 3. The van der Waals surface area contributed by atoms with Crippen molar-refractivity contribution in [1.82, 2.24) is 4.90 Å². The summed E-state index contributed by atoms with van der Waals surface area (Å²) in [6, 6.07) is 4.14. The molecule has 1 aromatic rings. The maximum atomic E-state index is 11.7. The fraction of sp³-hybridized carbons (Fsp3) is 0.500. The lowest BCUT2D eigenvalue weighted by molar-refractivity contribution is -0.129. The van der Waals surface area contributed by atoms with E-state index in [9.17, 15) is 4.79 Å². The van der Waals surface area contributed by atoms with Crippen LogP contribution in [0.1, 0.15) is 24.1 Å². The minimum Gasteiger partial charge on any atom is -0.393 e. The molecule has 17 heavy (non-hydrogen) atoms. The number of hydrogen-bond donors (Lipinski definition) is 1. The smallest absolute Gasteiger partial charge is 0.222 e. The van der Waals surface area contributed by atoms with Crippen molar-refractivity contribution in [2.45, 2.75) is 25.7 Å². The monoisotopic (exact) mass is 270 g/mol. The molecule has 0 unspecified atom stereocenters. The topological polar surface area (TPSA) is 46.3 Å². The van der Waals surface area contributed by atoms with E-state index in [0.29, 0.717) is 24.4 Å². The van der Waals surface area contributed by atoms with Gasteiger partial charge in [0, 0.05) is 31.3 Å². The van der Waals surface area contributed by atoms with Crippen LogP contribution in [0.4, 0.5) is 0 Å². The Morgan fingerprint density at radius 3 is 2.88 bits per heavy atom. The van der Waals surface area contributed by atoms with Gasteiger partial charge in [-0.05, 0) is 24.3 Å². The number of thiophene rings is 1. The van der Waals surface area contributed by atoms with Gasteiger partial charge in [0.1, 0.15) is 0 Å². The third-order valence-electron chi connectivity index (χ3n) is 2.51. The second-order valence-corrected chi connectivity index (χ2v) is 5.52. The fourth-order valence-corrected chi connectivity index (χ4v) is 2.30. The summed E-state index contributed by atoms with van der Waals surface area (Å²) in [5.74, 6) is 0.165. The first-order chi connectivity index (χ1) is 8.09. The lowest BCUT2D eigenvalue weighted by Crippen LogP contribution is -2.29. The highest BCUT2D eigenvalue weighted by Gasteiger charge is 2.08. The Kier molecular flexibility index (Phi) is 6.15. The molecule has 0 aliphatic carbocycles. The van der Waals surface area contributed by atoms with Crippen LogP contribution in [-0.2, 0) is 11.2 Å². The predicted octanol–water partition coefficient (Wildman–Crippen LogP) is 2.21. The second-order valence-electron chi connectivity index (χ2n) is 3.96. The van der Waals surface area contributed by atoms with E-state index in [1.165, 1.54) is 4.88 Å². The van der Waals surface area contributed by atoms with Gasteiger partial charge in [-0.15, -0.1) is 11.3 Å². The molecule has 0 atom stereocenters. The Balaban J connectivity index is 2.17. The zero-order valence-corrected chi connectivity index (χ0v) is 11.6. The maximum Gasteiger partial charge on any atom is 0.222 e. The molecule has 0 fully saturated rings. The quantitative estimate of drug-likeness (QED) is 0.773. The maximum absolute atomic E-state index is 11.7. The molecule has 0 bridgehead atoms. The Morgan fingerprint density at radius 2 is 2.29 bits per heavy atom.